The quantitative estimate of drug-likeness (QED) is 0.747. The molecule has 0 bridgehead atoms. The van der Waals surface area contributed by atoms with Crippen LogP contribution >= 0.6 is 0 Å². The summed E-state index contributed by atoms with van der Waals surface area (Å²) in [5.74, 6) is 0.748. The lowest BCUT2D eigenvalue weighted by Gasteiger charge is -2.43. The molecule has 1 heterocycles. The van der Waals surface area contributed by atoms with Gasteiger partial charge in [0.15, 0.2) is 0 Å². The molecule has 1 N–H and O–H groups in total. The van der Waals surface area contributed by atoms with Crippen LogP contribution in [0.4, 0.5) is 0 Å². The second-order valence-electron chi connectivity index (χ2n) is 5.24. The summed E-state index contributed by atoms with van der Waals surface area (Å²) in [6.45, 7) is 11.8. The third-order valence-corrected chi connectivity index (χ3v) is 3.56. The molecule has 1 saturated heterocycles. The van der Waals surface area contributed by atoms with Gasteiger partial charge >= 0.3 is 0 Å². The summed E-state index contributed by atoms with van der Waals surface area (Å²) < 4.78 is 0. The first kappa shape index (κ1) is 12.9. The van der Waals surface area contributed by atoms with Crippen molar-refractivity contribution in [3.05, 3.63) is 0 Å². The van der Waals surface area contributed by atoms with E-state index in [-0.39, 0.29) is 0 Å². The summed E-state index contributed by atoms with van der Waals surface area (Å²) >= 11 is 0. The molecule has 3 atom stereocenters. The van der Waals surface area contributed by atoms with Crippen LogP contribution in [0.5, 0.6) is 0 Å². The molecule has 0 spiro atoms. The molecular formula is C12H27N3. The minimum atomic E-state index is 0.690. The van der Waals surface area contributed by atoms with Crippen molar-refractivity contribution < 1.29 is 0 Å². The molecule has 90 valence electrons. The number of hydrogen-bond donors (Lipinski definition) is 1. The van der Waals surface area contributed by atoms with E-state index in [2.05, 4.69) is 42.9 Å². The first-order valence-corrected chi connectivity index (χ1v) is 6.13. The standard InChI is InChI=1S/C12H27N3/c1-10(6-13-4)7-15-8-11(2)14(5)12(3)9-15/h10-13H,6-9H2,1-5H3. The maximum absolute atomic E-state index is 3.25. The van der Waals surface area contributed by atoms with Crippen LogP contribution in [0.2, 0.25) is 0 Å². The molecule has 1 fully saturated rings. The predicted octanol–water partition coefficient (Wildman–Crippen LogP) is 0.866. The molecule has 0 aromatic carbocycles. The minimum absolute atomic E-state index is 0.690. The number of rotatable bonds is 4. The van der Waals surface area contributed by atoms with Gasteiger partial charge in [-0.1, -0.05) is 6.92 Å². The lowest BCUT2D eigenvalue weighted by atomic mass is 10.1. The molecule has 0 saturated carbocycles. The zero-order valence-corrected chi connectivity index (χ0v) is 11.0. The van der Waals surface area contributed by atoms with Gasteiger partial charge in [0.05, 0.1) is 0 Å². The third-order valence-electron chi connectivity index (χ3n) is 3.56. The van der Waals surface area contributed by atoms with Gasteiger partial charge in [0, 0.05) is 31.7 Å². The van der Waals surface area contributed by atoms with Crippen molar-refractivity contribution in [3.63, 3.8) is 0 Å². The topological polar surface area (TPSA) is 18.5 Å². The highest BCUT2D eigenvalue weighted by Crippen LogP contribution is 2.14. The van der Waals surface area contributed by atoms with Gasteiger partial charge in [0.1, 0.15) is 0 Å². The lowest BCUT2D eigenvalue weighted by Crippen LogP contribution is -2.55. The van der Waals surface area contributed by atoms with Crippen molar-refractivity contribution in [2.24, 2.45) is 5.92 Å². The summed E-state index contributed by atoms with van der Waals surface area (Å²) in [7, 11) is 4.27. The number of hydrogen-bond acceptors (Lipinski definition) is 3. The molecule has 3 nitrogen and oxygen atoms in total. The average molecular weight is 213 g/mol. The van der Waals surface area contributed by atoms with E-state index in [1.54, 1.807) is 0 Å². The lowest BCUT2D eigenvalue weighted by molar-refractivity contribution is 0.0523. The van der Waals surface area contributed by atoms with Crippen LogP contribution in [-0.2, 0) is 0 Å². The first-order chi connectivity index (χ1) is 7.04. The monoisotopic (exact) mass is 213 g/mol. The summed E-state index contributed by atoms with van der Waals surface area (Å²) in [5, 5.41) is 3.25. The molecular weight excluding hydrogens is 186 g/mol. The summed E-state index contributed by atoms with van der Waals surface area (Å²) in [6, 6.07) is 1.38. The average Bonchev–Trinajstić information content (AvgIpc) is 2.14. The number of piperazine rings is 1. The van der Waals surface area contributed by atoms with Crippen LogP contribution in [0.15, 0.2) is 0 Å². The third kappa shape index (κ3) is 3.74. The maximum Gasteiger partial charge on any atom is 0.0195 e. The van der Waals surface area contributed by atoms with E-state index in [9.17, 15) is 0 Å². The molecule has 0 aliphatic carbocycles. The first-order valence-electron chi connectivity index (χ1n) is 6.13. The van der Waals surface area contributed by atoms with E-state index in [4.69, 9.17) is 0 Å². The molecule has 3 unspecified atom stereocenters. The highest BCUT2D eigenvalue weighted by molar-refractivity contribution is 4.83. The van der Waals surface area contributed by atoms with E-state index < -0.39 is 0 Å². The smallest absolute Gasteiger partial charge is 0.0195 e. The fourth-order valence-electron chi connectivity index (χ4n) is 2.52. The van der Waals surface area contributed by atoms with Gasteiger partial charge in [-0.2, -0.15) is 0 Å². The Kier molecular flexibility index (Phi) is 5.03. The van der Waals surface area contributed by atoms with Crippen LogP contribution < -0.4 is 5.32 Å². The Balaban J connectivity index is 2.37. The Labute approximate surface area is 94.8 Å². The predicted molar refractivity (Wildman–Crippen MR) is 66.2 cm³/mol. The van der Waals surface area contributed by atoms with Crippen LogP contribution in [0.25, 0.3) is 0 Å². The van der Waals surface area contributed by atoms with Crippen molar-refractivity contribution in [2.45, 2.75) is 32.9 Å². The second kappa shape index (κ2) is 5.83. The van der Waals surface area contributed by atoms with Crippen molar-refractivity contribution >= 4 is 0 Å². The minimum Gasteiger partial charge on any atom is -0.319 e. The fraction of sp³-hybridized carbons (Fsp3) is 1.00. The van der Waals surface area contributed by atoms with Crippen LogP contribution in [0.1, 0.15) is 20.8 Å². The highest BCUT2D eigenvalue weighted by Gasteiger charge is 2.26. The zero-order chi connectivity index (χ0) is 11.4. The molecule has 3 heteroatoms. The highest BCUT2D eigenvalue weighted by atomic mass is 15.3. The van der Waals surface area contributed by atoms with Gasteiger partial charge in [-0.25, -0.2) is 0 Å². The van der Waals surface area contributed by atoms with E-state index >= 15 is 0 Å². The van der Waals surface area contributed by atoms with Gasteiger partial charge < -0.3 is 5.32 Å². The van der Waals surface area contributed by atoms with Gasteiger partial charge in [0.2, 0.25) is 0 Å². The Morgan fingerprint density at radius 3 is 2.27 bits per heavy atom. The van der Waals surface area contributed by atoms with Crippen LogP contribution in [-0.4, -0.2) is 62.2 Å². The van der Waals surface area contributed by atoms with Gasteiger partial charge in [-0.3, -0.25) is 9.80 Å². The van der Waals surface area contributed by atoms with Crippen molar-refractivity contribution in [1.29, 1.82) is 0 Å². The molecule has 1 aliphatic rings. The molecule has 1 rings (SSSR count). The molecule has 1 aliphatic heterocycles. The SMILES string of the molecule is CNCC(C)CN1CC(C)N(C)C(C)C1. The van der Waals surface area contributed by atoms with Gasteiger partial charge in [-0.15, -0.1) is 0 Å². The second-order valence-corrected chi connectivity index (χ2v) is 5.24. The Morgan fingerprint density at radius 2 is 1.80 bits per heavy atom. The number of nitrogens with one attached hydrogen (secondary N) is 1. The van der Waals surface area contributed by atoms with Crippen molar-refractivity contribution in [2.75, 3.05) is 40.3 Å². The number of likely N-dealkylation sites (N-methyl/N-ethyl adjacent to an activating group) is 1. The molecule has 0 aromatic heterocycles. The molecule has 0 radical (unpaired) electrons. The molecule has 15 heavy (non-hydrogen) atoms. The Bertz CT molecular complexity index is 172. The van der Waals surface area contributed by atoms with E-state index in [0.717, 1.165) is 12.5 Å². The largest absolute Gasteiger partial charge is 0.319 e. The van der Waals surface area contributed by atoms with E-state index in [1.165, 1.54) is 19.6 Å². The van der Waals surface area contributed by atoms with Crippen LogP contribution in [0, 0.1) is 5.92 Å². The van der Waals surface area contributed by atoms with Gasteiger partial charge in [-0.05, 0) is 40.4 Å². The Morgan fingerprint density at radius 1 is 1.27 bits per heavy atom. The Hall–Kier alpha value is -0.120. The van der Waals surface area contributed by atoms with Crippen molar-refractivity contribution in [1.82, 2.24) is 15.1 Å². The van der Waals surface area contributed by atoms with Crippen LogP contribution in [0.3, 0.4) is 0 Å². The molecule has 0 aromatic rings. The van der Waals surface area contributed by atoms with E-state index in [0.29, 0.717) is 12.1 Å². The summed E-state index contributed by atoms with van der Waals surface area (Å²) in [5.41, 5.74) is 0. The van der Waals surface area contributed by atoms with Crippen molar-refractivity contribution in [3.8, 4) is 0 Å². The van der Waals surface area contributed by atoms with Gasteiger partial charge in [0.25, 0.3) is 0 Å². The number of nitrogens with zero attached hydrogens (tertiary/aromatic N) is 2. The summed E-state index contributed by atoms with van der Waals surface area (Å²) in [4.78, 5) is 5.09. The zero-order valence-electron chi connectivity index (χ0n) is 11.0. The fourth-order valence-corrected chi connectivity index (χ4v) is 2.52. The summed E-state index contributed by atoms with van der Waals surface area (Å²) in [6.07, 6.45) is 0. The van der Waals surface area contributed by atoms with E-state index in [1.807, 2.05) is 7.05 Å². The normalized spacial score (nSPS) is 31.8. The molecule has 0 amide bonds. The maximum atomic E-state index is 3.25.